The largest absolute Gasteiger partial charge is 0.462 e. The zero-order valence-corrected chi connectivity index (χ0v) is 12.0. The van der Waals surface area contributed by atoms with E-state index in [9.17, 15) is 4.79 Å². The molecular weight excluding hydrogens is 224 g/mol. The lowest BCUT2D eigenvalue weighted by Gasteiger charge is -2.39. The average molecular weight is 250 g/mol. The van der Waals surface area contributed by atoms with Crippen LogP contribution in [-0.4, -0.2) is 12.6 Å². The summed E-state index contributed by atoms with van der Waals surface area (Å²) in [6.07, 6.45) is 6.47. The second-order valence-corrected chi connectivity index (χ2v) is 6.58. The summed E-state index contributed by atoms with van der Waals surface area (Å²) in [4.78, 5) is 11.3. The predicted molar refractivity (Wildman–Crippen MR) is 73.1 cm³/mol. The molecule has 0 heterocycles. The zero-order chi connectivity index (χ0) is 13.3. The molecule has 2 fully saturated rings. The summed E-state index contributed by atoms with van der Waals surface area (Å²) in [7, 11) is 0. The maximum Gasteiger partial charge on any atom is 0.333 e. The maximum absolute atomic E-state index is 11.3. The van der Waals surface area contributed by atoms with Crippen LogP contribution in [0, 0.1) is 23.2 Å². The van der Waals surface area contributed by atoms with E-state index in [1.807, 2.05) is 0 Å². The molecule has 2 saturated carbocycles. The third-order valence-corrected chi connectivity index (χ3v) is 5.59. The highest BCUT2D eigenvalue weighted by Gasteiger charge is 2.52. The molecule has 0 aromatic rings. The Hall–Kier alpha value is -0.790. The zero-order valence-electron chi connectivity index (χ0n) is 12.0. The molecule has 18 heavy (non-hydrogen) atoms. The van der Waals surface area contributed by atoms with Crippen LogP contribution in [0.1, 0.15) is 52.9 Å². The monoisotopic (exact) mass is 250 g/mol. The molecule has 2 bridgehead atoms. The molecule has 4 atom stereocenters. The van der Waals surface area contributed by atoms with E-state index in [0.717, 1.165) is 24.2 Å². The molecular formula is C16H26O2. The quantitative estimate of drug-likeness (QED) is 0.419. The highest BCUT2D eigenvalue weighted by molar-refractivity contribution is 5.86. The lowest BCUT2D eigenvalue weighted by molar-refractivity contribution is -0.139. The number of rotatable bonds is 5. The van der Waals surface area contributed by atoms with Crippen molar-refractivity contribution in [3.63, 3.8) is 0 Å². The van der Waals surface area contributed by atoms with Gasteiger partial charge in [0.2, 0.25) is 0 Å². The number of hydrogen-bond donors (Lipinski definition) is 0. The Labute approximate surface area is 111 Å². The predicted octanol–water partition coefficient (Wildman–Crippen LogP) is 3.96. The SMILES string of the molecule is C=C(C)C(=O)OCCCC1(C)C2CCC(C2)C1C. The van der Waals surface area contributed by atoms with Gasteiger partial charge in [0.05, 0.1) is 6.61 Å². The lowest BCUT2D eigenvalue weighted by atomic mass is 9.66. The van der Waals surface area contributed by atoms with Crippen LogP contribution >= 0.6 is 0 Å². The first-order valence-electron chi connectivity index (χ1n) is 7.28. The van der Waals surface area contributed by atoms with E-state index < -0.39 is 0 Å². The van der Waals surface area contributed by atoms with Crippen LogP contribution in [0.5, 0.6) is 0 Å². The van der Waals surface area contributed by atoms with E-state index >= 15 is 0 Å². The number of esters is 1. The van der Waals surface area contributed by atoms with Crippen molar-refractivity contribution in [2.75, 3.05) is 6.61 Å². The van der Waals surface area contributed by atoms with Gasteiger partial charge < -0.3 is 4.74 Å². The van der Waals surface area contributed by atoms with E-state index in [1.54, 1.807) is 6.92 Å². The second-order valence-electron chi connectivity index (χ2n) is 6.58. The summed E-state index contributed by atoms with van der Waals surface area (Å²) in [5, 5.41) is 0. The summed E-state index contributed by atoms with van der Waals surface area (Å²) in [6.45, 7) is 10.7. The molecule has 0 N–H and O–H groups in total. The average Bonchev–Trinajstić information content (AvgIpc) is 2.89. The first-order chi connectivity index (χ1) is 8.45. The van der Waals surface area contributed by atoms with Gasteiger partial charge in [-0.25, -0.2) is 4.79 Å². The van der Waals surface area contributed by atoms with Crippen LogP contribution < -0.4 is 0 Å². The van der Waals surface area contributed by atoms with Crippen molar-refractivity contribution in [1.82, 2.24) is 0 Å². The van der Waals surface area contributed by atoms with Gasteiger partial charge in [0, 0.05) is 5.57 Å². The molecule has 0 amide bonds. The molecule has 2 aliphatic rings. The van der Waals surface area contributed by atoms with Crippen molar-refractivity contribution in [2.24, 2.45) is 23.2 Å². The smallest absolute Gasteiger partial charge is 0.333 e. The standard InChI is InChI=1S/C16H26O2/c1-11(2)15(17)18-9-5-8-16(4)12(3)13-6-7-14(16)10-13/h12-14H,1,5-10H2,2-4H3. The van der Waals surface area contributed by atoms with Crippen molar-refractivity contribution in [2.45, 2.75) is 52.9 Å². The number of carbonyl (C=O) groups is 1. The fourth-order valence-electron chi connectivity index (χ4n) is 4.15. The molecule has 4 unspecified atom stereocenters. The molecule has 0 aromatic heterocycles. The van der Waals surface area contributed by atoms with Crippen LogP contribution in [0.2, 0.25) is 0 Å². The summed E-state index contributed by atoms with van der Waals surface area (Å²) < 4.78 is 5.19. The highest BCUT2D eigenvalue weighted by Crippen LogP contribution is 2.61. The number of carbonyl (C=O) groups excluding carboxylic acids is 1. The Morgan fingerprint density at radius 1 is 1.44 bits per heavy atom. The fourth-order valence-corrected chi connectivity index (χ4v) is 4.15. The summed E-state index contributed by atoms with van der Waals surface area (Å²) >= 11 is 0. The van der Waals surface area contributed by atoms with E-state index in [1.165, 1.54) is 25.7 Å². The minimum Gasteiger partial charge on any atom is -0.462 e. The van der Waals surface area contributed by atoms with E-state index in [2.05, 4.69) is 20.4 Å². The Morgan fingerprint density at radius 3 is 2.72 bits per heavy atom. The molecule has 0 aromatic carbocycles. The first-order valence-corrected chi connectivity index (χ1v) is 7.28. The van der Waals surface area contributed by atoms with Crippen molar-refractivity contribution in [1.29, 1.82) is 0 Å². The molecule has 2 aliphatic carbocycles. The molecule has 0 spiro atoms. The van der Waals surface area contributed by atoms with Gasteiger partial charge >= 0.3 is 5.97 Å². The van der Waals surface area contributed by atoms with Gasteiger partial charge in [0.25, 0.3) is 0 Å². The van der Waals surface area contributed by atoms with Gasteiger partial charge in [-0.15, -0.1) is 0 Å². The van der Waals surface area contributed by atoms with Crippen LogP contribution in [0.3, 0.4) is 0 Å². The molecule has 2 nitrogen and oxygen atoms in total. The third-order valence-electron chi connectivity index (χ3n) is 5.59. The van der Waals surface area contributed by atoms with Crippen molar-refractivity contribution in [3.8, 4) is 0 Å². The topological polar surface area (TPSA) is 26.3 Å². The van der Waals surface area contributed by atoms with E-state index in [-0.39, 0.29) is 5.97 Å². The molecule has 0 saturated heterocycles. The second kappa shape index (κ2) is 5.07. The van der Waals surface area contributed by atoms with Gasteiger partial charge in [-0.05, 0) is 62.2 Å². The van der Waals surface area contributed by atoms with Gasteiger partial charge in [-0.3, -0.25) is 0 Å². The van der Waals surface area contributed by atoms with Crippen LogP contribution in [-0.2, 0) is 9.53 Å². The van der Waals surface area contributed by atoms with Gasteiger partial charge in [-0.2, -0.15) is 0 Å². The third kappa shape index (κ3) is 2.34. The van der Waals surface area contributed by atoms with E-state index in [4.69, 9.17) is 4.74 Å². The fraction of sp³-hybridized carbons (Fsp3) is 0.812. The molecule has 2 rings (SSSR count). The Morgan fingerprint density at radius 2 is 2.17 bits per heavy atom. The Kier molecular flexibility index (Phi) is 3.84. The van der Waals surface area contributed by atoms with Crippen LogP contribution in [0.15, 0.2) is 12.2 Å². The number of ether oxygens (including phenoxy) is 1. The van der Waals surface area contributed by atoms with Crippen LogP contribution in [0.4, 0.5) is 0 Å². The van der Waals surface area contributed by atoms with Crippen molar-refractivity contribution in [3.05, 3.63) is 12.2 Å². The molecule has 2 heteroatoms. The maximum atomic E-state index is 11.3. The van der Waals surface area contributed by atoms with Gasteiger partial charge in [0.15, 0.2) is 0 Å². The molecule has 0 radical (unpaired) electrons. The van der Waals surface area contributed by atoms with Crippen LogP contribution in [0.25, 0.3) is 0 Å². The number of hydrogen-bond acceptors (Lipinski definition) is 2. The minimum atomic E-state index is -0.249. The summed E-state index contributed by atoms with van der Waals surface area (Å²) in [5.74, 6) is 2.46. The Balaban J connectivity index is 1.77. The first kappa shape index (κ1) is 13.6. The summed E-state index contributed by atoms with van der Waals surface area (Å²) in [6, 6.07) is 0. The molecule has 102 valence electrons. The summed E-state index contributed by atoms with van der Waals surface area (Å²) in [5.41, 5.74) is 0.980. The normalized spacial score (nSPS) is 37.8. The van der Waals surface area contributed by atoms with Crippen molar-refractivity contribution < 1.29 is 9.53 Å². The van der Waals surface area contributed by atoms with Gasteiger partial charge in [0.1, 0.15) is 0 Å². The Bertz CT molecular complexity index is 343. The highest BCUT2D eigenvalue weighted by atomic mass is 16.5. The van der Waals surface area contributed by atoms with Gasteiger partial charge in [-0.1, -0.05) is 20.4 Å². The van der Waals surface area contributed by atoms with E-state index in [0.29, 0.717) is 17.6 Å². The lowest BCUT2D eigenvalue weighted by Crippen LogP contribution is -2.32. The number of fused-ring (bicyclic) bond motifs is 2. The van der Waals surface area contributed by atoms with Crippen molar-refractivity contribution >= 4 is 5.97 Å². The minimum absolute atomic E-state index is 0.249. The molecule has 0 aliphatic heterocycles.